The molecule has 90 valence electrons. The third kappa shape index (κ3) is 3.13. The molecule has 0 aromatic heterocycles. The topological polar surface area (TPSA) is 78.4 Å². The summed E-state index contributed by atoms with van der Waals surface area (Å²) in [6.07, 6.45) is 3.23. The fourth-order valence-corrected chi connectivity index (χ4v) is 1.56. The highest BCUT2D eigenvalue weighted by Crippen LogP contribution is 2.39. The Balaban J connectivity index is 2.49. The van der Waals surface area contributed by atoms with Gasteiger partial charge in [-0.15, -0.1) is 0 Å². The van der Waals surface area contributed by atoms with Crippen molar-refractivity contribution in [1.29, 1.82) is 0 Å². The Kier molecular flexibility index (Phi) is 4.18. The molecule has 1 fully saturated rings. The molecule has 1 unspecified atom stereocenters. The van der Waals surface area contributed by atoms with Gasteiger partial charge in [0.25, 0.3) is 0 Å². The summed E-state index contributed by atoms with van der Waals surface area (Å²) in [6, 6.07) is -0.494. The number of urea groups is 1. The lowest BCUT2D eigenvalue weighted by Gasteiger charge is -2.25. The Bertz CT molecular complexity index is 315. The molecule has 0 saturated heterocycles. The summed E-state index contributed by atoms with van der Waals surface area (Å²) in [5.41, 5.74) is 0.117. The van der Waals surface area contributed by atoms with Crippen molar-refractivity contribution < 1.29 is 14.7 Å². The van der Waals surface area contributed by atoms with Crippen molar-refractivity contribution in [2.24, 2.45) is 5.92 Å². The molecule has 0 aromatic carbocycles. The van der Waals surface area contributed by atoms with Crippen molar-refractivity contribution in [1.82, 2.24) is 10.6 Å². The Morgan fingerprint density at radius 1 is 1.56 bits per heavy atom. The molecular formula is C10H15ClN2O3. The summed E-state index contributed by atoms with van der Waals surface area (Å²) in [6.45, 7) is 1.81. The Morgan fingerprint density at radius 2 is 2.19 bits per heavy atom. The van der Waals surface area contributed by atoms with Crippen LogP contribution in [0.1, 0.15) is 19.8 Å². The van der Waals surface area contributed by atoms with Crippen LogP contribution in [0, 0.1) is 5.92 Å². The van der Waals surface area contributed by atoms with Crippen LogP contribution in [0.4, 0.5) is 4.79 Å². The number of amides is 2. The Morgan fingerprint density at radius 3 is 2.62 bits per heavy atom. The van der Waals surface area contributed by atoms with Gasteiger partial charge in [-0.3, -0.25) is 0 Å². The lowest BCUT2D eigenvalue weighted by Crippen LogP contribution is -2.56. The van der Waals surface area contributed by atoms with Gasteiger partial charge in [0.05, 0.1) is 0 Å². The average Bonchev–Trinajstić information content (AvgIpc) is 3.00. The van der Waals surface area contributed by atoms with E-state index in [4.69, 9.17) is 16.7 Å². The molecule has 2 amide bonds. The molecule has 0 bridgehead atoms. The predicted octanol–water partition coefficient (Wildman–Crippen LogP) is 1.29. The number of rotatable bonds is 5. The van der Waals surface area contributed by atoms with Crippen LogP contribution in [0.5, 0.6) is 0 Å². The molecule has 1 aliphatic rings. The number of carbonyl (C=O) groups excluding carboxylic acids is 1. The number of hydrogen-bond donors (Lipinski definition) is 3. The van der Waals surface area contributed by atoms with Gasteiger partial charge in [0.1, 0.15) is 5.54 Å². The average molecular weight is 247 g/mol. The zero-order chi connectivity index (χ0) is 12.2. The highest BCUT2D eigenvalue weighted by Gasteiger charge is 2.48. The van der Waals surface area contributed by atoms with Crippen molar-refractivity contribution in [3.63, 3.8) is 0 Å². The summed E-state index contributed by atoms with van der Waals surface area (Å²) in [7, 11) is 0. The van der Waals surface area contributed by atoms with Gasteiger partial charge in [-0.1, -0.05) is 17.7 Å². The molecule has 0 spiro atoms. The maximum absolute atomic E-state index is 11.4. The normalized spacial score (nSPS) is 19.1. The van der Waals surface area contributed by atoms with Crippen LogP contribution in [0.15, 0.2) is 11.6 Å². The lowest BCUT2D eigenvalue weighted by molar-refractivity contribution is -0.144. The summed E-state index contributed by atoms with van der Waals surface area (Å²) >= 11 is 5.28. The van der Waals surface area contributed by atoms with Gasteiger partial charge in [-0.2, -0.15) is 0 Å². The van der Waals surface area contributed by atoms with Gasteiger partial charge in [-0.25, -0.2) is 9.59 Å². The van der Waals surface area contributed by atoms with E-state index in [1.165, 1.54) is 12.5 Å². The summed E-state index contributed by atoms with van der Waals surface area (Å²) in [4.78, 5) is 22.5. The number of carboxylic acids is 1. The summed E-state index contributed by atoms with van der Waals surface area (Å²) in [5.74, 6) is -0.975. The first kappa shape index (κ1) is 12.8. The van der Waals surface area contributed by atoms with E-state index >= 15 is 0 Å². The first-order chi connectivity index (χ1) is 7.50. The number of hydrogen-bond acceptors (Lipinski definition) is 2. The van der Waals surface area contributed by atoms with E-state index < -0.39 is 17.5 Å². The Hall–Kier alpha value is -1.23. The van der Waals surface area contributed by atoms with Crippen molar-refractivity contribution in [3.05, 3.63) is 11.6 Å². The largest absolute Gasteiger partial charge is 0.480 e. The van der Waals surface area contributed by atoms with Gasteiger partial charge in [0.2, 0.25) is 0 Å². The third-order valence-corrected chi connectivity index (χ3v) is 2.86. The van der Waals surface area contributed by atoms with Crippen LogP contribution in [0.2, 0.25) is 0 Å². The number of carbonyl (C=O) groups is 2. The number of halogens is 1. The SMILES string of the molecule is CC(NC(=O)NC/C=C/Cl)(C(=O)O)C1CC1. The van der Waals surface area contributed by atoms with E-state index in [1.54, 1.807) is 6.08 Å². The fourth-order valence-electron chi connectivity index (χ4n) is 1.47. The van der Waals surface area contributed by atoms with E-state index in [-0.39, 0.29) is 12.5 Å². The quantitative estimate of drug-likeness (QED) is 0.684. The zero-order valence-corrected chi connectivity index (χ0v) is 9.75. The van der Waals surface area contributed by atoms with E-state index in [0.717, 1.165) is 12.8 Å². The standard InChI is InChI=1S/C10H15ClN2O3/c1-10(8(14)15,7-3-4-7)13-9(16)12-6-2-5-11/h2,5,7H,3-4,6H2,1H3,(H,14,15)(H2,12,13,16)/b5-2+. The maximum atomic E-state index is 11.4. The van der Waals surface area contributed by atoms with E-state index in [9.17, 15) is 9.59 Å². The maximum Gasteiger partial charge on any atom is 0.329 e. The van der Waals surface area contributed by atoms with Crippen LogP contribution in [0.3, 0.4) is 0 Å². The van der Waals surface area contributed by atoms with Gasteiger partial charge in [0, 0.05) is 12.1 Å². The molecule has 0 aromatic rings. The zero-order valence-electron chi connectivity index (χ0n) is 9.00. The first-order valence-electron chi connectivity index (χ1n) is 5.05. The van der Waals surface area contributed by atoms with Crippen LogP contribution in [0.25, 0.3) is 0 Å². The second-order valence-electron chi connectivity index (χ2n) is 3.98. The molecule has 1 saturated carbocycles. The van der Waals surface area contributed by atoms with Gasteiger partial charge in [0.15, 0.2) is 0 Å². The second kappa shape index (κ2) is 5.21. The van der Waals surface area contributed by atoms with E-state index in [2.05, 4.69) is 10.6 Å². The number of aliphatic carboxylic acids is 1. The van der Waals surface area contributed by atoms with Crippen molar-refractivity contribution >= 4 is 23.6 Å². The fraction of sp³-hybridized carbons (Fsp3) is 0.600. The van der Waals surface area contributed by atoms with Gasteiger partial charge >= 0.3 is 12.0 Å². The highest BCUT2D eigenvalue weighted by atomic mass is 35.5. The molecule has 5 nitrogen and oxygen atoms in total. The third-order valence-electron chi connectivity index (χ3n) is 2.68. The van der Waals surface area contributed by atoms with Gasteiger partial charge in [-0.05, 0) is 25.7 Å². The minimum atomic E-state index is -1.17. The molecule has 1 aliphatic carbocycles. The molecule has 0 aliphatic heterocycles. The van der Waals surface area contributed by atoms with Crippen LogP contribution < -0.4 is 10.6 Å². The first-order valence-corrected chi connectivity index (χ1v) is 5.49. The van der Waals surface area contributed by atoms with E-state index in [0.29, 0.717) is 0 Å². The lowest BCUT2D eigenvalue weighted by atomic mass is 9.96. The molecule has 0 radical (unpaired) electrons. The van der Waals surface area contributed by atoms with Crippen molar-refractivity contribution in [2.75, 3.05) is 6.54 Å². The summed E-state index contributed by atoms with van der Waals surface area (Å²) in [5, 5.41) is 14.1. The number of carboxylic acid groups (broad SMARTS) is 1. The van der Waals surface area contributed by atoms with Crippen molar-refractivity contribution in [3.8, 4) is 0 Å². The van der Waals surface area contributed by atoms with Crippen LogP contribution in [-0.2, 0) is 4.79 Å². The monoisotopic (exact) mass is 246 g/mol. The Labute approximate surface area is 98.8 Å². The van der Waals surface area contributed by atoms with Crippen molar-refractivity contribution in [2.45, 2.75) is 25.3 Å². The highest BCUT2D eigenvalue weighted by molar-refractivity contribution is 6.25. The summed E-state index contributed by atoms with van der Waals surface area (Å²) < 4.78 is 0. The van der Waals surface area contributed by atoms with E-state index in [1.807, 2.05) is 0 Å². The minimum Gasteiger partial charge on any atom is -0.480 e. The smallest absolute Gasteiger partial charge is 0.329 e. The second-order valence-corrected chi connectivity index (χ2v) is 4.23. The molecule has 1 rings (SSSR count). The molecule has 16 heavy (non-hydrogen) atoms. The predicted molar refractivity (Wildman–Crippen MR) is 60.3 cm³/mol. The minimum absolute atomic E-state index is 0.0271. The molecular weight excluding hydrogens is 232 g/mol. The molecule has 1 atom stereocenters. The van der Waals surface area contributed by atoms with Gasteiger partial charge < -0.3 is 15.7 Å². The number of nitrogens with one attached hydrogen (secondary N) is 2. The molecule has 3 N–H and O–H groups in total. The molecule has 6 heteroatoms. The molecule has 0 heterocycles. The van der Waals surface area contributed by atoms with Crippen LogP contribution in [-0.4, -0.2) is 29.2 Å². The van der Waals surface area contributed by atoms with Crippen LogP contribution >= 0.6 is 11.6 Å².